The summed E-state index contributed by atoms with van der Waals surface area (Å²) < 4.78 is 1.97. The molecule has 0 aliphatic heterocycles. The van der Waals surface area contributed by atoms with Crippen LogP contribution in [0.3, 0.4) is 0 Å². The van der Waals surface area contributed by atoms with Crippen LogP contribution in [0.15, 0.2) is 29.4 Å². The largest absolute Gasteiger partial charge is 0.357 e. The van der Waals surface area contributed by atoms with Crippen molar-refractivity contribution in [1.29, 1.82) is 0 Å². The van der Waals surface area contributed by atoms with E-state index in [0.29, 0.717) is 6.54 Å². The number of hydrogen-bond donors (Lipinski definition) is 2. The first-order valence-corrected chi connectivity index (χ1v) is 9.29. The molecule has 1 saturated carbocycles. The van der Waals surface area contributed by atoms with Gasteiger partial charge in [0.15, 0.2) is 17.4 Å². The summed E-state index contributed by atoms with van der Waals surface area (Å²) in [6.45, 7) is 5.33. The van der Waals surface area contributed by atoms with E-state index in [0.717, 1.165) is 43.1 Å². The average Bonchev–Trinajstić information content (AvgIpc) is 3.29. The van der Waals surface area contributed by atoms with Gasteiger partial charge in [-0.3, -0.25) is 4.40 Å². The zero-order valence-corrected chi connectivity index (χ0v) is 18.0. The summed E-state index contributed by atoms with van der Waals surface area (Å²) in [6, 6.07) is 6.64. The van der Waals surface area contributed by atoms with Gasteiger partial charge in [0.05, 0.1) is 0 Å². The van der Waals surface area contributed by atoms with Crippen LogP contribution < -0.4 is 10.6 Å². The lowest BCUT2D eigenvalue weighted by Gasteiger charge is -2.24. The highest BCUT2D eigenvalue weighted by Crippen LogP contribution is 2.21. The Hall–Kier alpha value is -1.42. The van der Waals surface area contributed by atoms with Crippen molar-refractivity contribution in [2.45, 2.75) is 45.2 Å². The molecule has 1 aliphatic carbocycles. The number of hydrogen-bond acceptors (Lipinski definition) is 4. The summed E-state index contributed by atoms with van der Waals surface area (Å²) in [4.78, 5) is 7.12. The van der Waals surface area contributed by atoms with E-state index < -0.39 is 0 Å². The highest BCUT2D eigenvalue weighted by atomic mass is 127. The molecule has 144 valence electrons. The molecule has 2 N–H and O–H groups in total. The minimum absolute atomic E-state index is 0. The number of rotatable bonds is 7. The van der Waals surface area contributed by atoms with E-state index in [-0.39, 0.29) is 24.0 Å². The molecular formula is C18H30IN7. The summed E-state index contributed by atoms with van der Waals surface area (Å²) >= 11 is 0. The molecule has 0 unspecified atom stereocenters. The monoisotopic (exact) mass is 471 g/mol. The zero-order chi connectivity index (χ0) is 17.5. The van der Waals surface area contributed by atoms with Crippen molar-refractivity contribution < 1.29 is 0 Å². The fourth-order valence-electron chi connectivity index (χ4n) is 3.37. The van der Waals surface area contributed by atoms with Gasteiger partial charge in [-0.2, -0.15) is 0 Å². The number of nitrogens with zero attached hydrogens (tertiary/aromatic N) is 5. The maximum Gasteiger partial charge on any atom is 0.191 e. The van der Waals surface area contributed by atoms with Crippen LogP contribution in [0.1, 0.15) is 38.4 Å². The number of guanidine groups is 1. The molecule has 0 aromatic carbocycles. The molecule has 2 aromatic rings. The normalized spacial score (nSPS) is 15.4. The number of nitrogens with one attached hydrogen (secondary N) is 2. The third kappa shape index (κ3) is 5.54. The number of pyridine rings is 1. The standard InChI is InChI=1S/C18H29N7.HI/c1-3-19-18(20-11-13-24(2)15-8-4-5-9-15)21-14-17-23-22-16-10-6-7-12-25(16)17;/h6-7,10,12,15H,3-5,8-9,11,13-14H2,1-2H3,(H2,19,20,21);1H. The molecule has 0 bridgehead atoms. The summed E-state index contributed by atoms with van der Waals surface area (Å²) in [7, 11) is 2.23. The van der Waals surface area contributed by atoms with E-state index in [1.54, 1.807) is 0 Å². The van der Waals surface area contributed by atoms with Crippen LogP contribution >= 0.6 is 24.0 Å². The molecule has 2 aromatic heterocycles. The fraction of sp³-hybridized carbons (Fsp3) is 0.611. The Bertz CT molecular complexity index is 694. The van der Waals surface area contributed by atoms with Gasteiger partial charge in [-0.25, -0.2) is 4.99 Å². The predicted molar refractivity (Wildman–Crippen MR) is 116 cm³/mol. The smallest absolute Gasteiger partial charge is 0.191 e. The van der Waals surface area contributed by atoms with E-state index in [2.05, 4.69) is 44.7 Å². The first kappa shape index (κ1) is 20.9. The van der Waals surface area contributed by atoms with E-state index in [4.69, 9.17) is 0 Å². The third-order valence-corrected chi connectivity index (χ3v) is 4.81. The Balaban J connectivity index is 0.00000243. The Morgan fingerprint density at radius 2 is 2.08 bits per heavy atom. The van der Waals surface area contributed by atoms with Crippen LogP contribution in [-0.4, -0.2) is 58.2 Å². The second-order valence-corrected chi connectivity index (χ2v) is 6.59. The lowest BCUT2D eigenvalue weighted by Crippen LogP contribution is -2.42. The molecular weight excluding hydrogens is 441 g/mol. The molecule has 0 spiro atoms. The number of halogens is 1. The van der Waals surface area contributed by atoms with Crippen LogP contribution in [0.2, 0.25) is 0 Å². The van der Waals surface area contributed by atoms with Crippen molar-refractivity contribution in [1.82, 2.24) is 30.1 Å². The van der Waals surface area contributed by atoms with Gasteiger partial charge in [0.2, 0.25) is 0 Å². The average molecular weight is 471 g/mol. The molecule has 3 rings (SSSR count). The molecule has 0 radical (unpaired) electrons. The summed E-state index contributed by atoms with van der Waals surface area (Å²) in [5, 5.41) is 15.1. The predicted octanol–water partition coefficient (Wildman–Crippen LogP) is 2.28. The molecule has 0 atom stereocenters. The van der Waals surface area contributed by atoms with E-state index in [1.165, 1.54) is 25.7 Å². The zero-order valence-electron chi connectivity index (χ0n) is 15.7. The minimum atomic E-state index is 0. The number of fused-ring (bicyclic) bond motifs is 1. The second kappa shape index (κ2) is 10.7. The van der Waals surface area contributed by atoms with Gasteiger partial charge in [0.1, 0.15) is 6.54 Å². The second-order valence-electron chi connectivity index (χ2n) is 6.59. The van der Waals surface area contributed by atoms with Gasteiger partial charge in [0, 0.05) is 31.9 Å². The number of aliphatic imine (C=N–C) groups is 1. The van der Waals surface area contributed by atoms with Crippen LogP contribution in [-0.2, 0) is 6.54 Å². The quantitative estimate of drug-likeness (QED) is 0.369. The molecule has 8 heteroatoms. The molecule has 7 nitrogen and oxygen atoms in total. The summed E-state index contributed by atoms with van der Waals surface area (Å²) in [5.41, 5.74) is 0.851. The van der Waals surface area contributed by atoms with Crippen molar-refractivity contribution in [3.8, 4) is 0 Å². The maximum atomic E-state index is 4.65. The summed E-state index contributed by atoms with van der Waals surface area (Å²) in [5.74, 6) is 1.67. The SMILES string of the molecule is CCNC(=NCc1nnc2ccccn12)NCCN(C)C1CCCC1.I. The summed E-state index contributed by atoms with van der Waals surface area (Å²) in [6.07, 6.45) is 7.39. The van der Waals surface area contributed by atoms with Crippen LogP contribution in [0.4, 0.5) is 0 Å². The Labute approximate surface area is 172 Å². The van der Waals surface area contributed by atoms with E-state index in [1.807, 2.05) is 28.8 Å². The van der Waals surface area contributed by atoms with E-state index in [9.17, 15) is 0 Å². The number of aromatic nitrogens is 3. The minimum Gasteiger partial charge on any atom is -0.357 e. The highest BCUT2D eigenvalue weighted by Gasteiger charge is 2.18. The Morgan fingerprint density at radius 3 is 2.85 bits per heavy atom. The van der Waals surface area contributed by atoms with Gasteiger partial charge < -0.3 is 15.5 Å². The first-order chi connectivity index (χ1) is 12.3. The van der Waals surface area contributed by atoms with Crippen molar-refractivity contribution in [3.05, 3.63) is 30.2 Å². The van der Waals surface area contributed by atoms with Gasteiger partial charge in [0.25, 0.3) is 0 Å². The van der Waals surface area contributed by atoms with Gasteiger partial charge >= 0.3 is 0 Å². The van der Waals surface area contributed by atoms with Crippen LogP contribution in [0.5, 0.6) is 0 Å². The van der Waals surface area contributed by atoms with E-state index >= 15 is 0 Å². The topological polar surface area (TPSA) is 69.8 Å². The molecule has 1 fully saturated rings. The molecule has 2 heterocycles. The van der Waals surface area contributed by atoms with Gasteiger partial charge in [-0.1, -0.05) is 18.9 Å². The van der Waals surface area contributed by atoms with Crippen molar-refractivity contribution in [3.63, 3.8) is 0 Å². The fourth-order valence-corrected chi connectivity index (χ4v) is 3.37. The third-order valence-electron chi connectivity index (χ3n) is 4.81. The van der Waals surface area contributed by atoms with Gasteiger partial charge in [-0.15, -0.1) is 34.2 Å². The maximum absolute atomic E-state index is 4.65. The van der Waals surface area contributed by atoms with Crippen molar-refractivity contribution in [2.24, 2.45) is 4.99 Å². The van der Waals surface area contributed by atoms with Gasteiger partial charge in [-0.05, 0) is 38.9 Å². The van der Waals surface area contributed by atoms with Crippen LogP contribution in [0.25, 0.3) is 5.65 Å². The van der Waals surface area contributed by atoms with Crippen LogP contribution in [0, 0.1) is 0 Å². The first-order valence-electron chi connectivity index (χ1n) is 9.29. The lowest BCUT2D eigenvalue weighted by atomic mass is 10.2. The van der Waals surface area contributed by atoms with Crippen molar-refractivity contribution in [2.75, 3.05) is 26.7 Å². The molecule has 0 amide bonds. The van der Waals surface area contributed by atoms with Crippen molar-refractivity contribution >= 4 is 35.6 Å². The molecule has 1 aliphatic rings. The Morgan fingerprint density at radius 1 is 1.27 bits per heavy atom. The molecule has 0 saturated heterocycles. The number of likely N-dealkylation sites (N-methyl/N-ethyl adjacent to an activating group) is 1. The highest BCUT2D eigenvalue weighted by molar-refractivity contribution is 14.0. The molecule has 26 heavy (non-hydrogen) atoms. The lowest BCUT2D eigenvalue weighted by molar-refractivity contribution is 0.249. The Kier molecular flexibility index (Phi) is 8.56.